The molecule has 0 amide bonds. The van der Waals surface area contributed by atoms with Gasteiger partial charge in [-0.15, -0.1) is 0 Å². The van der Waals surface area contributed by atoms with Crippen molar-refractivity contribution < 1.29 is 19.0 Å². The molecular formula is C15H22BrN5O4. The first kappa shape index (κ1) is 19.6. The molecule has 0 bridgehead atoms. The Kier molecular flexibility index (Phi) is 7.12. The number of hydrogen-bond donors (Lipinski definition) is 2. The highest BCUT2D eigenvalue weighted by molar-refractivity contribution is 9.10. The van der Waals surface area contributed by atoms with E-state index in [9.17, 15) is 4.79 Å². The lowest BCUT2D eigenvalue weighted by atomic mass is 10.2. The second kappa shape index (κ2) is 9.09. The quantitative estimate of drug-likeness (QED) is 0.397. The van der Waals surface area contributed by atoms with Gasteiger partial charge < -0.3 is 25.0 Å². The third-order valence-corrected chi connectivity index (χ3v) is 4.24. The van der Waals surface area contributed by atoms with Crippen molar-refractivity contribution in [3.63, 3.8) is 0 Å². The van der Waals surface area contributed by atoms with Gasteiger partial charge in [0.1, 0.15) is 10.3 Å². The molecule has 0 aromatic carbocycles. The van der Waals surface area contributed by atoms with E-state index in [4.69, 9.17) is 21.1 Å². The van der Waals surface area contributed by atoms with Gasteiger partial charge >= 0.3 is 5.97 Å². The number of hydrazine groups is 1. The summed E-state index contributed by atoms with van der Waals surface area (Å²) in [5, 5.41) is 1.35. The zero-order valence-electron chi connectivity index (χ0n) is 14.2. The topological polar surface area (TPSA) is 126 Å². The summed E-state index contributed by atoms with van der Waals surface area (Å²) < 4.78 is 16.2. The summed E-state index contributed by atoms with van der Waals surface area (Å²) in [5.41, 5.74) is 7.26. The van der Waals surface area contributed by atoms with Gasteiger partial charge in [0.15, 0.2) is 12.0 Å². The van der Waals surface area contributed by atoms with Crippen molar-refractivity contribution in [2.45, 2.75) is 25.6 Å². The van der Waals surface area contributed by atoms with Crippen LogP contribution in [0.15, 0.2) is 16.5 Å². The summed E-state index contributed by atoms with van der Waals surface area (Å²) in [5.74, 6) is 5.25. The summed E-state index contributed by atoms with van der Waals surface area (Å²) >= 11 is 3.16. The summed E-state index contributed by atoms with van der Waals surface area (Å²) in [4.78, 5) is 20.0. The van der Waals surface area contributed by atoms with Gasteiger partial charge in [0.2, 0.25) is 0 Å². The zero-order chi connectivity index (χ0) is 18.4. The number of esters is 1. The van der Waals surface area contributed by atoms with Crippen molar-refractivity contribution in [1.82, 2.24) is 15.0 Å². The van der Waals surface area contributed by atoms with Gasteiger partial charge in [0, 0.05) is 13.7 Å². The first-order chi connectivity index (χ1) is 11.9. The van der Waals surface area contributed by atoms with Crippen LogP contribution in [0.3, 0.4) is 0 Å². The molecule has 1 aromatic rings. The normalized spacial score (nSPS) is 18.5. The van der Waals surface area contributed by atoms with E-state index in [1.165, 1.54) is 18.3 Å². The van der Waals surface area contributed by atoms with Crippen LogP contribution in [0.25, 0.3) is 5.70 Å². The lowest BCUT2D eigenvalue weighted by molar-refractivity contribution is -0.158. The van der Waals surface area contributed by atoms with E-state index in [1.807, 2.05) is 0 Å². The fraction of sp³-hybridized carbons (Fsp3) is 0.533. The van der Waals surface area contributed by atoms with Gasteiger partial charge in [-0.3, -0.25) is 0 Å². The molecule has 0 aliphatic carbocycles. The molecule has 25 heavy (non-hydrogen) atoms. The van der Waals surface area contributed by atoms with E-state index < -0.39 is 5.97 Å². The predicted octanol–water partition coefficient (Wildman–Crippen LogP) is 1.00. The van der Waals surface area contributed by atoms with Crippen molar-refractivity contribution in [2.75, 3.05) is 27.4 Å². The molecule has 0 radical (unpaired) electrons. The molecule has 1 aliphatic heterocycles. The van der Waals surface area contributed by atoms with E-state index in [1.54, 1.807) is 7.05 Å². The van der Waals surface area contributed by atoms with Crippen LogP contribution in [0.5, 0.6) is 0 Å². The zero-order valence-corrected chi connectivity index (χ0v) is 15.8. The van der Waals surface area contributed by atoms with E-state index >= 15 is 0 Å². The van der Waals surface area contributed by atoms with Gasteiger partial charge in [-0.05, 0) is 35.2 Å². The number of halogens is 1. The van der Waals surface area contributed by atoms with Crippen LogP contribution in [-0.2, 0) is 14.2 Å². The number of hydrogen-bond acceptors (Lipinski definition) is 9. The average Bonchev–Trinajstić information content (AvgIpc) is 2.62. The Balaban J connectivity index is 2.24. The van der Waals surface area contributed by atoms with Crippen LogP contribution in [0.1, 0.15) is 35.4 Å². The molecule has 1 fully saturated rings. The number of aromatic nitrogens is 2. The number of likely N-dealkylation sites (N-methyl/N-ethyl adjacent to an activating group) is 1. The van der Waals surface area contributed by atoms with Crippen LogP contribution in [0.4, 0.5) is 0 Å². The molecule has 1 aromatic heterocycles. The maximum absolute atomic E-state index is 11.8. The minimum absolute atomic E-state index is 0.0264. The highest BCUT2D eigenvalue weighted by Crippen LogP contribution is 2.20. The Bertz CT molecular complexity index is 647. The lowest BCUT2D eigenvalue weighted by Crippen LogP contribution is -2.33. The van der Waals surface area contributed by atoms with E-state index in [0.717, 1.165) is 19.3 Å². The second-order valence-electron chi connectivity index (χ2n) is 5.46. The Labute approximate surface area is 154 Å². The van der Waals surface area contributed by atoms with Crippen molar-refractivity contribution in [3.05, 3.63) is 27.9 Å². The molecule has 0 saturated carbocycles. The Morgan fingerprint density at radius 3 is 2.88 bits per heavy atom. The van der Waals surface area contributed by atoms with Crippen molar-refractivity contribution >= 4 is 27.6 Å². The summed E-state index contributed by atoms with van der Waals surface area (Å²) in [7, 11) is 2.90. The van der Waals surface area contributed by atoms with E-state index in [-0.39, 0.29) is 28.9 Å². The van der Waals surface area contributed by atoms with Gasteiger partial charge in [-0.1, -0.05) is 0 Å². The lowest BCUT2D eigenvalue weighted by Gasteiger charge is -2.25. The molecule has 1 atom stereocenters. The standard InChI is InChI=1S/C15H22BrN5O4/c1-21(18)10(8-25-11-5-3-4-6-24-11)12(17)9-7-19-14(16)13(20-9)15(22)23-2/h7,11H,3-6,8,17-18H2,1-2H3/b12-10-. The predicted molar refractivity (Wildman–Crippen MR) is 93.7 cm³/mol. The fourth-order valence-corrected chi connectivity index (χ4v) is 2.62. The first-order valence-electron chi connectivity index (χ1n) is 7.75. The van der Waals surface area contributed by atoms with Crippen LogP contribution in [0, 0.1) is 0 Å². The highest BCUT2D eigenvalue weighted by Gasteiger charge is 2.20. The minimum Gasteiger partial charge on any atom is -0.464 e. The largest absolute Gasteiger partial charge is 0.464 e. The maximum atomic E-state index is 11.8. The fourth-order valence-electron chi connectivity index (χ4n) is 2.26. The van der Waals surface area contributed by atoms with Gasteiger partial charge in [-0.2, -0.15) is 0 Å². The van der Waals surface area contributed by atoms with Gasteiger partial charge in [0.25, 0.3) is 0 Å². The smallest absolute Gasteiger partial charge is 0.359 e. The third kappa shape index (κ3) is 5.11. The molecule has 2 heterocycles. The molecular weight excluding hydrogens is 394 g/mol. The Morgan fingerprint density at radius 1 is 1.52 bits per heavy atom. The molecule has 0 spiro atoms. The van der Waals surface area contributed by atoms with Gasteiger partial charge in [0.05, 0.1) is 31.3 Å². The number of nitrogens with zero attached hydrogens (tertiary/aromatic N) is 3. The molecule has 138 valence electrons. The van der Waals surface area contributed by atoms with Crippen molar-refractivity contribution in [3.8, 4) is 0 Å². The van der Waals surface area contributed by atoms with Crippen LogP contribution in [-0.4, -0.2) is 54.6 Å². The van der Waals surface area contributed by atoms with Crippen LogP contribution >= 0.6 is 15.9 Å². The Morgan fingerprint density at radius 2 is 2.28 bits per heavy atom. The number of ether oxygens (including phenoxy) is 3. The molecule has 1 saturated heterocycles. The number of nitrogens with two attached hydrogens (primary N) is 2. The second-order valence-corrected chi connectivity index (χ2v) is 6.22. The number of rotatable bonds is 6. The monoisotopic (exact) mass is 415 g/mol. The summed E-state index contributed by atoms with van der Waals surface area (Å²) in [6.07, 6.45) is 4.07. The van der Waals surface area contributed by atoms with Crippen molar-refractivity contribution in [1.29, 1.82) is 0 Å². The van der Waals surface area contributed by atoms with E-state index in [0.29, 0.717) is 18.0 Å². The van der Waals surface area contributed by atoms with Gasteiger partial charge in [-0.25, -0.2) is 20.6 Å². The minimum atomic E-state index is -0.622. The molecule has 2 rings (SSSR count). The summed E-state index contributed by atoms with van der Waals surface area (Å²) in [6.45, 7) is 0.827. The molecule has 1 aliphatic rings. The molecule has 9 nitrogen and oxygen atoms in total. The number of carbonyl (C=O) groups excluding carboxylic acids is 1. The molecule has 4 N–H and O–H groups in total. The maximum Gasteiger partial charge on any atom is 0.359 e. The highest BCUT2D eigenvalue weighted by atomic mass is 79.9. The number of carbonyl (C=O) groups is 1. The van der Waals surface area contributed by atoms with Crippen LogP contribution < -0.4 is 11.6 Å². The first-order valence-corrected chi connectivity index (χ1v) is 8.54. The average molecular weight is 416 g/mol. The van der Waals surface area contributed by atoms with Crippen LogP contribution in [0.2, 0.25) is 0 Å². The molecule has 10 heteroatoms. The molecule has 1 unspecified atom stereocenters. The SMILES string of the molecule is COC(=O)c1nc(/C(N)=C(\COC2CCCCO2)N(C)N)cnc1Br. The Hall–Kier alpha value is -1.75. The number of methoxy groups -OCH3 is 1. The third-order valence-electron chi connectivity index (χ3n) is 3.66. The van der Waals surface area contributed by atoms with E-state index in [2.05, 4.69) is 30.6 Å². The van der Waals surface area contributed by atoms with Crippen molar-refractivity contribution in [2.24, 2.45) is 11.6 Å². The summed E-state index contributed by atoms with van der Waals surface area (Å²) in [6, 6.07) is 0.